The predicted molar refractivity (Wildman–Crippen MR) is 105 cm³/mol. The van der Waals surface area contributed by atoms with E-state index in [-0.39, 0.29) is 24.6 Å². The zero-order valence-corrected chi connectivity index (χ0v) is 16.6. The monoisotopic (exact) mass is 420 g/mol. The summed E-state index contributed by atoms with van der Waals surface area (Å²) >= 11 is 0. The molecule has 0 N–H and O–H groups in total. The van der Waals surface area contributed by atoms with E-state index in [1.165, 1.54) is 17.0 Å². The summed E-state index contributed by atoms with van der Waals surface area (Å²) in [6, 6.07) is 13.9. The Labute approximate surface area is 173 Å². The van der Waals surface area contributed by atoms with Gasteiger partial charge in [0.2, 0.25) is 0 Å². The molecular weight excluding hydrogens is 397 g/mol. The molecule has 0 bridgehead atoms. The molecule has 1 fully saturated rings. The van der Waals surface area contributed by atoms with Crippen molar-refractivity contribution in [2.24, 2.45) is 0 Å². The number of alkyl halides is 3. The van der Waals surface area contributed by atoms with Crippen molar-refractivity contribution in [3.63, 3.8) is 0 Å². The molecule has 0 aromatic heterocycles. The zero-order chi connectivity index (χ0) is 21.7. The number of halogens is 3. The molecule has 0 unspecified atom stereocenters. The highest BCUT2D eigenvalue weighted by atomic mass is 19.4. The summed E-state index contributed by atoms with van der Waals surface area (Å²) in [5.41, 5.74) is 0.101. The normalized spacial score (nSPS) is 15.7. The minimum atomic E-state index is -4.50. The molecule has 1 atom stereocenters. The van der Waals surface area contributed by atoms with Gasteiger partial charge in [-0.1, -0.05) is 36.4 Å². The number of hydrogen-bond donors (Lipinski definition) is 0. The number of ether oxygens (including phenoxy) is 1. The maximum absolute atomic E-state index is 12.9. The molecule has 3 rings (SSSR count). The second-order valence-electron chi connectivity index (χ2n) is 7.13. The van der Waals surface area contributed by atoms with E-state index < -0.39 is 23.8 Å². The van der Waals surface area contributed by atoms with Crippen molar-refractivity contribution in [2.45, 2.75) is 25.8 Å². The van der Waals surface area contributed by atoms with Crippen LogP contribution in [0.3, 0.4) is 0 Å². The first-order valence-corrected chi connectivity index (χ1v) is 9.66. The first kappa shape index (κ1) is 21.8. The van der Waals surface area contributed by atoms with Crippen LogP contribution in [0.25, 0.3) is 0 Å². The Morgan fingerprint density at radius 3 is 2.23 bits per heavy atom. The molecule has 0 radical (unpaired) electrons. The molecular formula is C22H23F3N2O3. The molecule has 0 aliphatic carbocycles. The smallest absolute Gasteiger partial charge is 0.364 e. The Morgan fingerprint density at radius 1 is 0.967 bits per heavy atom. The number of rotatable bonds is 5. The van der Waals surface area contributed by atoms with Gasteiger partial charge in [-0.05, 0) is 30.7 Å². The van der Waals surface area contributed by atoms with Gasteiger partial charge < -0.3 is 14.5 Å². The van der Waals surface area contributed by atoms with Gasteiger partial charge in [-0.25, -0.2) is 0 Å². The molecule has 160 valence electrons. The van der Waals surface area contributed by atoms with Gasteiger partial charge in [-0.2, -0.15) is 13.2 Å². The SMILES string of the molecule is C[C@@H](OCc1ccccc1)C(=O)N1CCN(C(=O)c2cccc(C(F)(F)F)c2)CC1. The van der Waals surface area contributed by atoms with Gasteiger partial charge in [0.05, 0.1) is 12.2 Å². The van der Waals surface area contributed by atoms with Crippen LogP contribution in [-0.2, 0) is 22.3 Å². The number of hydrogen-bond acceptors (Lipinski definition) is 3. The van der Waals surface area contributed by atoms with E-state index in [1.807, 2.05) is 30.3 Å². The van der Waals surface area contributed by atoms with Crippen LogP contribution in [0.2, 0.25) is 0 Å². The summed E-state index contributed by atoms with van der Waals surface area (Å²) in [5, 5.41) is 0. The quantitative estimate of drug-likeness (QED) is 0.743. The molecule has 0 spiro atoms. The van der Waals surface area contributed by atoms with E-state index in [0.717, 1.165) is 17.7 Å². The largest absolute Gasteiger partial charge is 0.416 e. The summed E-state index contributed by atoms with van der Waals surface area (Å²) < 4.78 is 44.3. The average Bonchev–Trinajstić information content (AvgIpc) is 2.77. The lowest BCUT2D eigenvalue weighted by Crippen LogP contribution is -2.52. The summed E-state index contributed by atoms with van der Waals surface area (Å²) in [4.78, 5) is 28.3. The number of benzene rings is 2. The highest BCUT2D eigenvalue weighted by Crippen LogP contribution is 2.29. The minimum Gasteiger partial charge on any atom is -0.364 e. The molecule has 2 amide bonds. The van der Waals surface area contributed by atoms with Crippen LogP contribution in [-0.4, -0.2) is 53.9 Å². The zero-order valence-electron chi connectivity index (χ0n) is 16.6. The molecule has 30 heavy (non-hydrogen) atoms. The Kier molecular flexibility index (Phi) is 6.77. The van der Waals surface area contributed by atoms with E-state index in [9.17, 15) is 22.8 Å². The van der Waals surface area contributed by atoms with Crippen molar-refractivity contribution in [3.8, 4) is 0 Å². The highest BCUT2D eigenvalue weighted by Gasteiger charge is 2.32. The molecule has 0 saturated carbocycles. The molecule has 1 aliphatic rings. The predicted octanol–water partition coefficient (Wildman–Crippen LogP) is 3.60. The van der Waals surface area contributed by atoms with Gasteiger partial charge in [-0.3, -0.25) is 9.59 Å². The first-order valence-electron chi connectivity index (χ1n) is 9.66. The maximum atomic E-state index is 12.9. The van der Waals surface area contributed by atoms with Crippen LogP contribution in [0.5, 0.6) is 0 Å². The van der Waals surface area contributed by atoms with E-state index in [0.29, 0.717) is 19.7 Å². The molecule has 2 aromatic rings. The Bertz CT molecular complexity index is 879. The fourth-order valence-corrected chi connectivity index (χ4v) is 3.26. The second-order valence-corrected chi connectivity index (χ2v) is 7.13. The van der Waals surface area contributed by atoms with Crippen molar-refractivity contribution in [1.29, 1.82) is 0 Å². The summed E-state index contributed by atoms with van der Waals surface area (Å²) in [7, 11) is 0. The van der Waals surface area contributed by atoms with Crippen LogP contribution in [0.1, 0.15) is 28.4 Å². The summed E-state index contributed by atoms with van der Waals surface area (Å²) in [6.07, 6.45) is -5.13. The van der Waals surface area contributed by atoms with Crippen LogP contribution in [0.4, 0.5) is 13.2 Å². The first-order chi connectivity index (χ1) is 14.3. The molecule has 8 heteroatoms. The van der Waals surface area contributed by atoms with E-state index in [4.69, 9.17) is 4.74 Å². The Morgan fingerprint density at radius 2 is 1.60 bits per heavy atom. The Balaban J connectivity index is 1.52. The van der Waals surface area contributed by atoms with Gasteiger partial charge in [0, 0.05) is 31.7 Å². The second kappa shape index (κ2) is 9.30. The summed E-state index contributed by atoms with van der Waals surface area (Å²) in [5.74, 6) is -0.640. The standard InChI is InChI=1S/C22H23F3N2O3/c1-16(30-15-17-6-3-2-4-7-17)20(28)26-10-12-27(13-11-26)21(29)18-8-5-9-19(14-18)22(23,24)25/h2-9,14,16H,10-13,15H2,1H3/t16-/m1/s1. The third-order valence-corrected chi connectivity index (χ3v) is 5.01. The molecule has 1 aliphatic heterocycles. The molecule has 2 aromatic carbocycles. The fourth-order valence-electron chi connectivity index (χ4n) is 3.26. The molecule has 1 saturated heterocycles. The van der Waals surface area contributed by atoms with Crippen molar-refractivity contribution >= 4 is 11.8 Å². The number of piperazine rings is 1. The lowest BCUT2D eigenvalue weighted by Gasteiger charge is -2.36. The molecule has 1 heterocycles. The van der Waals surface area contributed by atoms with E-state index in [1.54, 1.807) is 11.8 Å². The Hall–Kier alpha value is -2.87. The molecule has 5 nitrogen and oxygen atoms in total. The van der Waals surface area contributed by atoms with Crippen LogP contribution in [0.15, 0.2) is 54.6 Å². The van der Waals surface area contributed by atoms with Crippen molar-refractivity contribution in [3.05, 3.63) is 71.3 Å². The van der Waals surface area contributed by atoms with E-state index >= 15 is 0 Å². The summed E-state index contributed by atoms with van der Waals surface area (Å²) in [6.45, 7) is 3.14. The number of carbonyl (C=O) groups is 2. The van der Waals surface area contributed by atoms with Gasteiger partial charge in [0.1, 0.15) is 6.10 Å². The van der Waals surface area contributed by atoms with Gasteiger partial charge in [0.25, 0.3) is 11.8 Å². The van der Waals surface area contributed by atoms with Crippen molar-refractivity contribution in [2.75, 3.05) is 26.2 Å². The van der Waals surface area contributed by atoms with Gasteiger partial charge in [-0.15, -0.1) is 0 Å². The van der Waals surface area contributed by atoms with Crippen molar-refractivity contribution < 1.29 is 27.5 Å². The van der Waals surface area contributed by atoms with Crippen LogP contribution < -0.4 is 0 Å². The third-order valence-electron chi connectivity index (χ3n) is 5.01. The van der Waals surface area contributed by atoms with Crippen LogP contribution >= 0.6 is 0 Å². The average molecular weight is 420 g/mol. The van der Waals surface area contributed by atoms with Gasteiger partial charge >= 0.3 is 6.18 Å². The number of nitrogens with zero attached hydrogens (tertiary/aromatic N) is 2. The van der Waals surface area contributed by atoms with Gasteiger partial charge in [0.15, 0.2) is 0 Å². The van der Waals surface area contributed by atoms with E-state index in [2.05, 4.69) is 0 Å². The lowest BCUT2D eigenvalue weighted by molar-refractivity contribution is -0.145. The highest BCUT2D eigenvalue weighted by molar-refractivity contribution is 5.94. The third kappa shape index (κ3) is 5.38. The van der Waals surface area contributed by atoms with Crippen LogP contribution in [0, 0.1) is 0 Å². The number of carbonyl (C=O) groups excluding carboxylic acids is 2. The minimum absolute atomic E-state index is 0.0100. The maximum Gasteiger partial charge on any atom is 0.416 e. The lowest BCUT2D eigenvalue weighted by atomic mass is 10.1. The number of amides is 2. The fraction of sp³-hybridized carbons (Fsp3) is 0.364. The van der Waals surface area contributed by atoms with Crippen molar-refractivity contribution in [1.82, 2.24) is 9.80 Å². The topological polar surface area (TPSA) is 49.9 Å².